The zero-order valence-electron chi connectivity index (χ0n) is 19.3. The molecule has 0 N–H and O–H groups in total. The first-order valence-corrected chi connectivity index (χ1v) is 13.8. The van der Waals surface area contributed by atoms with E-state index in [2.05, 4.69) is 20.1 Å². The van der Waals surface area contributed by atoms with Crippen molar-refractivity contribution in [3.05, 3.63) is 47.7 Å². The van der Waals surface area contributed by atoms with E-state index < -0.39 is 32.8 Å². The molecular weight excluding hydrogens is 519 g/mol. The average Bonchev–Trinajstić information content (AvgIpc) is 3.16. The van der Waals surface area contributed by atoms with Crippen LogP contribution in [0.3, 0.4) is 0 Å². The molecule has 3 aromatic heterocycles. The van der Waals surface area contributed by atoms with Gasteiger partial charge in [0.25, 0.3) is 5.94 Å². The monoisotopic (exact) mass is 539 g/mol. The minimum atomic E-state index is -4.61. The van der Waals surface area contributed by atoms with E-state index >= 15 is 0 Å². The number of oxime groups is 1. The first-order valence-electron chi connectivity index (χ1n) is 10.4. The van der Waals surface area contributed by atoms with Gasteiger partial charge in [0, 0.05) is 18.6 Å². The number of rotatable bonds is 7. The van der Waals surface area contributed by atoms with Crippen molar-refractivity contribution < 1.29 is 31.0 Å². The van der Waals surface area contributed by atoms with Gasteiger partial charge in [-0.3, -0.25) is 0 Å². The fourth-order valence-electron chi connectivity index (χ4n) is 3.44. The van der Waals surface area contributed by atoms with Crippen LogP contribution in [0.15, 0.2) is 46.6 Å². The Hall–Kier alpha value is -3.23. The third-order valence-corrected chi connectivity index (χ3v) is 7.44. The number of hydrogen-bond donors (Lipinski definition) is 0. The van der Waals surface area contributed by atoms with E-state index in [1.54, 1.807) is 18.2 Å². The Morgan fingerprint density at radius 1 is 1.19 bits per heavy atom. The van der Waals surface area contributed by atoms with E-state index in [9.17, 15) is 26.1 Å². The summed E-state index contributed by atoms with van der Waals surface area (Å²) in [6.45, 7) is 1.48. The van der Waals surface area contributed by atoms with E-state index in [1.807, 2.05) is 0 Å². The minimum absolute atomic E-state index is 0.00914. The van der Waals surface area contributed by atoms with E-state index in [-0.39, 0.29) is 39.3 Å². The highest BCUT2D eigenvalue weighted by Gasteiger charge is 2.32. The molecule has 0 aliphatic carbocycles. The average molecular weight is 540 g/mol. The maximum absolute atomic E-state index is 13.2. The van der Waals surface area contributed by atoms with Crippen molar-refractivity contribution in [2.75, 3.05) is 17.9 Å². The van der Waals surface area contributed by atoms with Crippen LogP contribution in [0.5, 0.6) is 0 Å². The molecule has 0 spiro atoms. The first-order chi connectivity index (χ1) is 16.9. The lowest BCUT2D eigenvalue weighted by molar-refractivity contribution is -0.137. The Labute approximate surface area is 207 Å². The molecule has 14 heteroatoms. The summed E-state index contributed by atoms with van der Waals surface area (Å²) in [6, 6.07) is 7.30. The lowest BCUT2D eigenvalue weighted by Gasteiger charge is -2.11. The number of aryl methyl sites for hydroxylation is 1. The van der Waals surface area contributed by atoms with Crippen LogP contribution in [0.1, 0.15) is 18.1 Å². The maximum Gasteiger partial charge on any atom is 0.417 e. The summed E-state index contributed by atoms with van der Waals surface area (Å²) < 4.78 is 77.9. The molecule has 0 radical (unpaired) electrons. The molecule has 1 aromatic carbocycles. The molecule has 0 saturated heterocycles. The van der Waals surface area contributed by atoms with Crippen molar-refractivity contribution in [2.45, 2.75) is 18.0 Å². The second-order valence-electron chi connectivity index (χ2n) is 7.80. The SMILES string of the molecule is CCS(=O)(=O)c1cc2ccc(/C=N/OC[S+](C)[O-])cc2nc1-c1nc2cc(C(F)(F)F)cnc2n1C. The molecule has 3 heterocycles. The molecule has 190 valence electrons. The van der Waals surface area contributed by atoms with Crippen LogP contribution in [0.25, 0.3) is 33.6 Å². The van der Waals surface area contributed by atoms with Crippen LogP contribution in [-0.2, 0) is 39.1 Å². The van der Waals surface area contributed by atoms with Crippen molar-refractivity contribution >= 4 is 49.3 Å². The van der Waals surface area contributed by atoms with Crippen LogP contribution in [0, 0.1) is 0 Å². The maximum atomic E-state index is 13.2. The van der Waals surface area contributed by atoms with Gasteiger partial charge in [0.1, 0.15) is 11.2 Å². The predicted octanol–water partition coefficient (Wildman–Crippen LogP) is 3.68. The highest BCUT2D eigenvalue weighted by Crippen LogP contribution is 2.34. The third-order valence-electron chi connectivity index (χ3n) is 5.26. The molecule has 36 heavy (non-hydrogen) atoms. The number of alkyl halides is 3. The molecule has 0 aliphatic rings. The summed E-state index contributed by atoms with van der Waals surface area (Å²) in [5.74, 6) is -0.228. The number of sulfone groups is 1. The Morgan fingerprint density at radius 2 is 1.94 bits per heavy atom. The van der Waals surface area contributed by atoms with Crippen LogP contribution in [-0.4, -0.2) is 56.7 Å². The fourth-order valence-corrected chi connectivity index (χ4v) is 4.70. The third kappa shape index (κ3) is 5.15. The van der Waals surface area contributed by atoms with Gasteiger partial charge in [0.15, 0.2) is 21.3 Å². The van der Waals surface area contributed by atoms with Crippen molar-refractivity contribution in [3.63, 3.8) is 0 Å². The summed E-state index contributed by atoms with van der Waals surface area (Å²) >= 11 is -1.18. The Bertz CT molecular complexity index is 1580. The predicted molar refractivity (Wildman–Crippen MR) is 130 cm³/mol. The van der Waals surface area contributed by atoms with Gasteiger partial charge in [0.05, 0.1) is 34.2 Å². The van der Waals surface area contributed by atoms with E-state index in [0.29, 0.717) is 22.7 Å². The lowest BCUT2D eigenvalue weighted by Crippen LogP contribution is -2.09. The summed E-state index contributed by atoms with van der Waals surface area (Å²) in [5.41, 5.74) is 0.103. The lowest BCUT2D eigenvalue weighted by atomic mass is 10.1. The number of benzene rings is 1. The highest BCUT2D eigenvalue weighted by atomic mass is 32.2. The topological polar surface area (TPSA) is 122 Å². The van der Waals surface area contributed by atoms with Gasteiger partial charge in [-0.2, -0.15) is 13.2 Å². The second-order valence-corrected chi connectivity index (χ2v) is 11.4. The summed E-state index contributed by atoms with van der Waals surface area (Å²) in [7, 11) is -2.26. The number of halogens is 3. The Balaban J connectivity index is 1.89. The van der Waals surface area contributed by atoms with Crippen molar-refractivity contribution in [1.82, 2.24) is 19.5 Å². The van der Waals surface area contributed by atoms with Gasteiger partial charge < -0.3 is 14.0 Å². The Morgan fingerprint density at radius 3 is 2.61 bits per heavy atom. The van der Waals surface area contributed by atoms with Gasteiger partial charge >= 0.3 is 6.18 Å². The normalized spacial score (nSPS) is 13.6. The van der Waals surface area contributed by atoms with E-state index in [1.165, 1.54) is 37.1 Å². The molecule has 0 bridgehead atoms. The molecule has 1 unspecified atom stereocenters. The van der Waals surface area contributed by atoms with Crippen LogP contribution in [0.4, 0.5) is 13.2 Å². The number of aromatic nitrogens is 4. The van der Waals surface area contributed by atoms with Gasteiger partial charge in [-0.05, 0) is 34.9 Å². The Kier molecular flexibility index (Phi) is 6.94. The quantitative estimate of drug-likeness (QED) is 0.199. The highest BCUT2D eigenvalue weighted by molar-refractivity contribution is 7.91. The van der Waals surface area contributed by atoms with E-state index in [4.69, 9.17) is 4.84 Å². The standard InChI is InChI=1S/C22H20F3N5O4S2/c1-4-36(32,33)18-8-14-6-5-13(10-27-34-12-35(3)31)7-16(14)28-19(18)21-29-17-9-15(22(23,24)25)11-26-20(17)30(21)2/h5-11H,4,12H2,1-3H3/b27-10+. The summed E-state index contributed by atoms with van der Waals surface area (Å²) in [6.07, 6.45) is -1.04. The molecule has 1 atom stereocenters. The van der Waals surface area contributed by atoms with Gasteiger partial charge in [-0.25, -0.2) is 23.4 Å². The molecule has 0 saturated carbocycles. The fraction of sp³-hybridized carbons (Fsp3) is 0.273. The number of nitrogens with zero attached hydrogens (tertiary/aromatic N) is 5. The summed E-state index contributed by atoms with van der Waals surface area (Å²) in [4.78, 5) is 17.5. The van der Waals surface area contributed by atoms with Crippen molar-refractivity contribution in [3.8, 4) is 11.5 Å². The number of pyridine rings is 2. The van der Waals surface area contributed by atoms with Gasteiger partial charge in [-0.15, -0.1) is 0 Å². The largest absolute Gasteiger partial charge is 0.614 e. The number of imidazole rings is 1. The van der Waals surface area contributed by atoms with Crippen LogP contribution >= 0.6 is 0 Å². The molecular formula is C22H20F3N5O4S2. The van der Waals surface area contributed by atoms with Crippen molar-refractivity contribution in [2.24, 2.45) is 12.2 Å². The van der Waals surface area contributed by atoms with Crippen LogP contribution < -0.4 is 0 Å². The number of fused-ring (bicyclic) bond motifs is 2. The van der Waals surface area contributed by atoms with E-state index in [0.717, 1.165) is 6.07 Å². The van der Waals surface area contributed by atoms with Gasteiger partial charge in [0.2, 0.25) is 0 Å². The number of hydrogen-bond acceptors (Lipinski definition) is 8. The molecule has 0 fully saturated rings. The molecule has 4 aromatic rings. The zero-order chi connectivity index (χ0) is 26.3. The second kappa shape index (κ2) is 9.67. The summed E-state index contributed by atoms with van der Waals surface area (Å²) in [5, 5.41) is 4.27. The minimum Gasteiger partial charge on any atom is -0.614 e. The molecule has 0 aliphatic heterocycles. The van der Waals surface area contributed by atoms with Crippen LogP contribution in [0.2, 0.25) is 0 Å². The molecule has 9 nitrogen and oxygen atoms in total. The first kappa shape index (κ1) is 25.9. The molecule has 4 rings (SSSR count). The smallest absolute Gasteiger partial charge is 0.417 e. The van der Waals surface area contributed by atoms with Gasteiger partial charge in [-0.1, -0.05) is 24.2 Å². The van der Waals surface area contributed by atoms with Crippen molar-refractivity contribution in [1.29, 1.82) is 0 Å². The zero-order valence-corrected chi connectivity index (χ0v) is 20.9. The molecule has 0 amide bonds.